The maximum Gasteiger partial charge on any atom is 0.338 e. The van der Waals surface area contributed by atoms with Crippen LogP contribution in [0.4, 0.5) is 0 Å². The molecule has 0 aromatic heterocycles. The Hall–Kier alpha value is -11.4. The van der Waals surface area contributed by atoms with Gasteiger partial charge >= 0.3 is 59.7 Å². The summed E-state index contributed by atoms with van der Waals surface area (Å²) in [4.78, 5) is 143. The molecule has 3 saturated heterocycles. The van der Waals surface area contributed by atoms with Gasteiger partial charge in [0.25, 0.3) is 3.79 Å². The summed E-state index contributed by atoms with van der Waals surface area (Å²) in [7, 11) is 0. The molecular weight excluding hydrogens is 1500 g/mol. The summed E-state index contributed by atoms with van der Waals surface area (Å²) in [5.41, 5.74) is -0.356. The highest BCUT2D eigenvalue weighted by molar-refractivity contribution is 6.76. The average molecular weight is 1570 g/mol. The molecule has 8 aromatic carbocycles. The van der Waals surface area contributed by atoms with Crippen molar-refractivity contribution in [3.63, 3.8) is 0 Å². The number of alkyl halides is 3. The second-order valence-corrected chi connectivity index (χ2v) is 26.8. The maximum atomic E-state index is 14.8. The molecule has 27 nitrogen and oxygen atoms in total. The van der Waals surface area contributed by atoms with E-state index in [9.17, 15) is 47.9 Å². The first-order valence-electron chi connectivity index (χ1n) is 34.0. The number of benzene rings is 8. The lowest BCUT2D eigenvalue weighted by Crippen LogP contribution is -2.68. The van der Waals surface area contributed by atoms with E-state index >= 15 is 0 Å². The van der Waals surface area contributed by atoms with E-state index in [1.807, 2.05) is 0 Å². The van der Waals surface area contributed by atoms with Gasteiger partial charge in [-0.3, -0.25) is 15.0 Å². The van der Waals surface area contributed by atoms with E-state index in [1.54, 1.807) is 72.8 Å². The first kappa shape index (κ1) is 79.6. The molecule has 0 radical (unpaired) electrons. The standard InChI is InChI=1S/C80H68Cl3NO26/c1-46(85)98-59-58(45-97-76-65(107-74(93)54-39-23-9-24-40-54)62(105-72(91)52-35-19-7-20-36-52)60(103-70(89)50-31-15-5-16-32-50)56(100-76)43-95-68(87)48-27-11-3-12-28-48)102-78(110-79(84)80(81,82)83)66(99-47(2)86)64(59)109-77-67(108-75(94)55-41-25-10-26-42-55)63(106-73(92)53-37-21-8-22-38-53)61(104-71(90)51-33-17-6-18-34-51)57(101-77)44-96-69(88)49-29-13-4-14-30-49/h3-42,56-67,76-78,84H,43-45H2,1-2H3/t56-,57-,58-,59-,60-,61-,62+,63+,64+,65-,66-,67-,76-,77+,78+/m1/s1. The van der Waals surface area contributed by atoms with Gasteiger partial charge in [-0.2, -0.15) is 0 Å². The molecule has 110 heavy (non-hydrogen) atoms. The van der Waals surface area contributed by atoms with Crippen molar-refractivity contribution in [2.24, 2.45) is 0 Å². The van der Waals surface area contributed by atoms with Gasteiger partial charge in [-0.1, -0.05) is 180 Å². The summed E-state index contributed by atoms with van der Waals surface area (Å²) in [6.07, 6.45) is -31.2. The molecule has 0 unspecified atom stereocenters. The predicted octanol–water partition coefficient (Wildman–Crippen LogP) is 10.9. The topological polar surface area (TPSA) is 342 Å². The molecule has 0 aliphatic carbocycles. The van der Waals surface area contributed by atoms with E-state index in [0.29, 0.717) is 0 Å². The van der Waals surface area contributed by atoms with E-state index < -0.39 is 181 Å². The van der Waals surface area contributed by atoms with Crippen LogP contribution < -0.4 is 0 Å². The zero-order valence-corrected chi connectivity index (χ0v) is 60.4. The molecule has 11 rings (SSSR count). The number of esters is 10. The van der Waals surface area contributed by atoms with Gasteiger partial charge < -0.3 is 75.8 Å². The Bertz CT molecular complexity index is 4500. The minimum Gasteiger partial charge on any atom is -0.459 e. The quantitative estimate of drug-likeness (QED) is 0.0173. The second kappa shape index (κ2) is 37.6. The molecule has 0 spiro atoms. The molecule has 0 saturated carbocycles. The van der Waals surface area contributed by atoms with Crippen LogP contribution in [0.3, 0.4) is 0 Å². The first-order chi connectivity index (χ1) is 53.1. The number of carbonyl (C=O) groups excluding carboxylic acids is 10. The Balaban J connectivity index is 1.05. The summed E-state index contributed by atoms with van der Waals surface area (Å²) in [6.45, 7) is -0.932. The predicted molar refractivity (Wildman–Crippen MR) is 384 cm³/mol. The molecule has 15 atom stereocenters. The molecule has 30 heteroatoms. The van der Waals surface area contributed by atoms with Crippen LogP contribution in [-0.2, 0) is 85.4 Å². The largest absolute Gasteiger partial charge is 0.459 e. The Morgan fingerprint density at radius 3 is 0.836 bits per heavy atom. The third-order valence-corrected chi connectivity index (χ3v) is 17.4. The van der Waals surface area contributed by atoms with Gasteiger partial charge in [0.05, 0.1) is 51.1 Å². The third-order valence-electron chi connectivity index (χ3n) is 16.9. The lowest BCUT2D eigenvalue weighted by Gasteiger charge is -2.49. The van der Waals surface area contributed by atoms with Crippen LogP contribution in [0, 0.1) is 5.41 Å². The summed E-state index contributed by atoms with van der Waals surface area (Å²) in [5.74, 6) is -11.9. The van der Waals surface area contributed by atoms with Gasteiger partial charge in [0, 0.05) is 13.8 Å². The van der Waals surface area contributed by atoms with Gasteiger partial charge in [0.2, 0.25) is 12.2 Å². The fourth-order valence-electron chi connectivity index (χ4n) is 11.7. The lowest BCUT2D eigenvalue weighted by molar-refractivity contribution is -0.359. The first-order valence-corrected chi connectivity index (χ1v) is 35.1. The van der Waals surface area contributed by atoms with Crippen molar-refractivity contribution < 1.29 is 124 Å². The number of nitrogens with one attached hydrogen (secondary N) is 1. The Morgan fingerprint density at radius 2 is 0.527 bits per heavy atom. The summed E-state index contributed by atoms with van der Waals surface area (Å²) in [5, 5.41) is 8.90. The van der Waals surface area contributed by atoms with Gasteiger partial charge in [0.15, 0.2) is 61.4 Å². The molecule has 3 aliphatic rings. The van der Waals surface area contributed by atoms with Gasteiger partial charge in [-0.15, -0.1) is 0 Å². The van der Waals surface area contributed by atoms with Crippen molar-refractivity contribution in [1.82, 2.24) is 0 Å². The van der Waals surface area contributed by atoms with E-state index in [2.05, 4.69) is 0 Å². The monoisotopic (exact) mass is 1560 g/mol. The fraction of sp³-hybridized carbons (Fsp3) is 0.263. The number of halogens is 3. The molecule has 3 aliphatic heterocycles. The number of rotatable bonds is 26. The van der Waals surface area contributed by atoms with Crippen molar-refractivity contribution >= 4 is 100 Å². The Labute approximate surface area is 643 Å². The molecular formula is C80H68Cl3NO26. The normalized spacial score (nSPS) is 23.5. The fourth-order valence-corrected chi connectivity index (χ4v) is 11.9. The van der Waals surface area contributed by atoms with Gasteiger partial charge in [-0.05, 0) is 97.1 Å². The molecule has 1 N–H and O–H groups in total. The maximum absolute atomic E-state index is 14.8. The number of hydrogen-bond donors (Lipinski definition) is 1. The van der Waals surface area contributed by atoms with E-state index in [-0.39, 0.29) is 44.5 Å². The number of carbonyl (C=O) groups is 10. The number of hydrogen-bond acceptors (Lipinski definition) is 27. The minimum absolute atomic E-state index is 0.0254. The highest BCUT2D eigenvalue weighted by Crippen LogP contribution is 2.40. The van der Waals surface area contributed by atoms with Crippen molar-refractivity contribution in [2.75, 3.05) is 19.8 Å². The average Bonchev–Trinajstić information content (AvgIpc) is 0.763. The SMILES string of the molecule is CC(=O)O[C@H]1[C@H](OC(=N)C(Cl)(Cl)Cl)O[C@H](CO[C@@H]2O[C@H](COC(=O)c3ccccc3)[C@@H](OC(=O)c3ccccc3)[C@H](OC(=O)c3ccccc3)[C@H]2OC(=O)c2ccccc2)[C@@H](OC(C)=O)[C@@H]1O[C@@H]1O[C@H](COC(=O)c2ccccc2)[C@@H](OC(=O)c2ccccc2)[C@H](OC(=O)c2ccccc2)[C@H]1OC(=O)c1ccccc1. The molecule has 8 aromatic rings. The molecule has 3 fully saturated rings. The third kappa shape index (κ3) is 20.9. The Kier molecular flexibility index (Phi) is 27.2. The summed E-state index contributed by atoms with van der Waals surface area (Å²) >= 11 is 18.8. The van der Waals surface area contributed by atoms with Crippen molar-refractivity contribution in [3.05, 3.63) is 287 Å². The summed E-state index contributed by atoms with van der Waals surface area (Å²) < 4.78 is 98.1. The molecule has 3 heterocycles. The van der Waals surface area contributed by atoms with Crippen molar-refractivity contribution in [3.8, 4) is 0 Å². The smallest absolute Gasteiger partial charge is 0.338 e. The van der Waals surface area contributed by atoms with Gasteiger partial charge in [-0.25, -0.2) is 38.4 Å². The van der Waals surface area contributed by atoms with E-state index in [1.165, 1.54) is 170 Å². The summed E-state index contributed by atoms with van der Waals surface area (Å²) in [6, 6.07) is 59.8. The van der Waals surface area contributed by atoms with Crippen LogP contribution in [0.25, 0.3) is 0 Å². The van der Waals surface area contributed by atoms with E-state index in [0.717, 1.165) is 13.8 Å². The van der Waals surface area contributed by atoms with Crippen LogP contribution in [0.2, 0.25) is 0 Å². The second-order valence-electron chi connectivity index (χ2n) is 24.5. The van der Waals surface area contributed by atoms with Crippen molar-refractivity contribution in [2.45, 2.75) is 110 Å². The van der Waals surface area contributed by atoms with E-state index in [4.69, 9.17) is 116 Å². The molecule has 570 valence electrons. The van der Waals surface area contributed by atoms with Crippen LogP contribution in [0.1, 0.15) is 96.7 Å². The van der Waals surface area contributed by atoms with Crippen molar-refractivity contribution in [1.29, 1.82) is 5.41 Å². The van der Waals surface area contributed by atoms with Crippen LogP contribution >= 0.6 is 34.8 Å². The zero-order chi connectivity index (χ0) is 77.8. The van der Waals surface area contributed by atoms with Crippen LogP contribution in [0.15, 0.2) is 243 Å². The zero-order valence-electron chi connectivity index (χ0n) is 58.1. The van der Waals surface area contributed by atoms with Crippen LogP contribution in [-0.4, -0.2) is 181 Å². The highest BCUT2D eigenvalue weighted by atomic mass is 35.6. The molecule has 0 amide bonds. The minimum atomic E-state index is -2.74. The Morgan fingerprint density at radius 1 is 0.291 bits per heavy atom. The lowest BCUT2D eigenvalue weighted by atomic mass is 9.95. The molecule has 0 bridgehead atoms. The van der Waals surface area contributed by atoms with Crippen LogP contribution in [0.5, 0.6) is 0 Å². The highest BCUT2D eigenvalue weighted by Gasteiger charge is 2.60. The number of ether oxygens (including phenoxy) is 16. The van der Waals surface area contributed by atoms with Gasteiger partial charge in [0.1, 0.15) is 37.6 Å².